The molecule has 176 valence electrons. The Morgan fingerprint density at radius 3 is 2.85 bits per heavy atom. The van der Waals surface area contributed by atoms with E-state index in [-0.39, 0.29) is 18.7 Å². The fraction of sp³-hybridized carbons (Fsp3) is 0.375. The molecule has 0 saturated heterocycles. The Morgan fingerprint density at radius 2 is 2.00 bits per heavy atom. The first kappa shape index (κ1) is 22.0. The maximum absolute atomic E-state index is 14.8. The quantitative estimate of drug-likeness (QED) is 0.633. The molecule has 2 aliphatic rings. The molecular weight excluding hydrogens is 439 g/mol. The Kier molecular flexibility index (Phi) is 5.95. The van der Waals surface area contributed by atoms with Crippen LogP contribution in [-0.2, 0) is 30.7 Å². The highest BCUT2D eigenvalue weighted by Gasteiger charge is 2.25. The molecule has 34 heavy (non-hydrogen) atoms. The van der Waals surface area contributed by atoms with Gasteiger partial charge in [0.15, 0.2) is 5.82 Å². The average Bonchev–Trinajstić information content (AvgIpc) is 3.28. The van der Waals surface area contributed by atoms with Crippen LogP contribution in [0.2, 0.25) is 0 Å². The Labute approximate surface area is 196 Å². The monoisotopic (exact) mass is 464 g/mol. The van der Waals surface area contributed by atoms with Crippen molar-refractivity contribution in [2.75, 3.05) is 18.5 Å². The normalized spacial score (nSPS) is 14.8. The Hall–Kier alpha value is -3.82. The van der Waals surface area contributed by atoms with E-state index in [0.717, 1.165) is 42.8 Å². The topological polar surface area (TPSA) is 102 Å². The molecule has 10 heteroatoms. The summed E-state index contributed by atoms with van der Waals surface area (Å²) in [5.74, 6) is 0.668. The van der Waals surface area contributed by atoms with Gasteiger partial charge in [0, 0.05) is 26.1 Å². The van der Waals surface area contributed by atoms with E-state index < -0.39 is 17.8 Å². The molecule has 1 aromatic carbocycles. The number of amides is 2. The van der Waals surface area contributed by atoms with Gasteiger partial charge in [0.1, 0.15) is 23.2 Å². The number of hydrogen-bond acceptors (Lipinski definition) is 6. The molecule has 5 rings (SSSR count). The molecule has 1 N–H and O–H groups in total. The van der Waals surface area contributed by atoms with Crippen LogP contribution in [-0.4, -0.2) is 49.8 Å². The molecule has 0 saturated carbocycles. The molecule has 2 amide bonds. The number of benzene rings is 1. The number of ether oxygens (including phenoxy) is 1. The number of aryl methyl sites for hydroxylation is 1. The lowest BCUT2D eigenvalue weighted by molar-refractivity contribution is 0.102. The van der Waals surface area contributed by atoms with Gasteiger partial charge in [0.25, 0.3) is 5.91 Å². The maximum Gasteiger partial charge on any atom is 0.410 e. The lowest BCUT2D eigenvalue weighted by atomic mass is 9.97. The number of hydrogen-bond donors (Lipinski definition) is 1. The van der Waals surface area contributed by atoms with Gasteiger partial charge in [-0.05, 0) is 61.6 Å². The number of fused-ring (bicyclic) bond motifs is 2. The van der Waals surface area contributed by atoms with E-state index in [0.29, 0.717) is 30.3 Å². The first-order valence-electron chi connectivity index (χ1n) is 11.5. The lowest BCUT2D eigenvalue weighted by Gasteiger charge is -2.28. The molecule has 0 aliphatic carbocycles. The maximum atomic E-state index is 14.8. The first-order chi connectivity index (χ1) is 16.5. The molecule has 4 heterocycles. The molecular formula is C24H25FN6O3. The number of carbonyl (C=O) groups is 2. The van der Waals surface area contributed by atoms with Crippen molar-refractivity contribution in [2.45, 2.75) is 45.7 Å². The summed E-state index contributed by atoms with van der Waals surface area (Å²) in [6, 6.07) is 8.10. The minimum Gasteiger partial charge on any atom is -0.450 e. The second-order valence-corrected chi connectivity index (χ2v) is 8.38. The van der Waals surface area contributed by atoms with E-state index in [4.69, 9.17) is 4.74 Å². The van der Waals surface area contributed by atoms with Crippen molar-refractivity contribution in [1.82, 2.24) is 24.6 Å². The third-order valence-electron chi connectivity index (χ3n) is 6.15. The number of anilines is 1. The van der Waals surface area contributed by atoms with Gasteiger partial charge in [-0.25, -0.2) is 14.2 Å². The van der Waals surface area contributed by atoms with Crippen LogP contribution in [0, 0.1) is 5.82 Å². The van der Waals surface area contributed by atoms with Crippen molar-refractivity contribution in [3.63, 3.8) is 0 Å². The van der Waals surface area contributed by atoms with Gasteiger partial charge < -0.3 is 19.5 Å². The minimum absolute atomic E-state index is 0.100. The third-order valence-corrected chi connectivity index (χ3v) is 6.15. The number of aromatic nitrogens is 4. The first-order valence-corrected chi connectivity index (χ1v) is 11.5. The van der Waals surface area contributed by atoms with Crippen LogP contribution in [0.15, 0.2) is 30.3 Å². The van der Waals surface area contributed by atoms with E-state index in [1.54, 1.807) is 24.0 Å². The summed E-state index contributed by atoms with van der Waals surface area (Å²) in [5, 5.41) is 11.2. The van der Waals surface area contributed by atoms with Crippen molar-refractivity contribution in [1.29, 1.82) is 0 Å². The van der Waals surface area contributed by atoms with Crippen LogP contribution in [0.1, 0.15) is 47.1 Å². The second-order valence-electron chi connectivity index (χ2n) is 8.38. The highest BCUT2D eigenvalue weighted by Crippen LogP contribution is 2.25. The van der Waals surface area contributed by atoms with Gasteiger partial charge in [-0.15, -0.1) is 10.2 Å². The Balaban J connectivity index is 1.36. The van der Waals surface area contributed by atoms with Crippen LogP contribution in [0.5, 0.6) is 0 Å². The molecule has 9 nitrogen and oxygen atoms in total. The van der Waals surface area contributed by atoms with Crippen LogP contribution >= 0.6 is 0 Å². The molecule has 0 spiro atoms. The molecule has 0 radical (unpaired) electrons. The van der Waals surface area contributed by atoms with Gasteiger partial charge >= 0.3 is 6.09 Å². The second kappa shape index (κ2) is 9.20. The number of nitrogens with one attached hydrogen (secondary N) is 1. The fourth-order valence-corrected chi connectivity index (χ4v) is 4.43. The summed E-state index contributed by atoms with van der Waals surface area (Å²) < 4.78 is 21.9. The van der Waals surface area contributed by atoms with Gasteiger partial charge in [-0.3, -0.25) is 4.79 Å². The smallest absolute Gasteiger partial charge is 0.410 e. The van der Waals surface area contributed by atoms with Crippen LogP contribution in [0.4, 0.5) is 15.0 Å². The van der Waals surface area contributed by atoms with Crippen LogP contribution in [0.25, 0.3) is 11.5 Å². The van der Waals surface area contributed by atoms with Gasteiger partial charge in [-0.2, -0.15) is 0 Å². The number of carbonyl (C=O) groups excluding carboxylic acids is 2. The summed E-state index contributed by atoms with van der Waals surface area (Å²) in [4.78, 5) is 31.1. The van der Waals surface area contributed by atoms with Crippen molar-refractivity contribution in [3.8, 4) is 11.5 Å². The summed E-state index contributed by atoms with van der Waals surface area (Å²) in [6.45, 7) is 3.57. The van der Waals surface area contributed by atoms with Crippen molar-refractivity contribution < 1.29 is 18.7 Å². The molecule has 0 atom stereocenters. The highest BCUT2D eigenvalue weighted by atomic mass is 19.1. The van der Waals surface area contributed by atoms with E-state index in [9.17, 15) is 14.0 Å². The average molecular weight is 465 g/mol. The summed E-state index contributed by atoms with van der Waals surface area (Å²) >= 11 is 0. The zero-order valence-corrected chi connectivity index (χ0v) is 18.9. The zero-order valence-electron chi connectivity index (χ0n) is 18.9. The Bertz CT molecular complexity index is 1260. The predicted molar refractivity (Wildman–Crippen MR) is 122 cm³/mol. The van der Waals surface area contributed by atoms with Crippen LogP contribution < -0.4 is 5.32 Å². The predicted octanol–water partition coefficient (Wildman–Crippen LogP) is 3.58. The van der Waals surface area contributed by atoms with Crippen LogP contribution in [0.3, 0.4) is 0 Å². The molecule has 2 aliphatic heterocycles. The molecule has 3 aromatic rings. The van der Waals surface area contributed by atoms with E-state index >= 15 is 0 Å². The highest BCUT2D eigenvalue weighted by molar-refractivity contribution is 6.04. The van der Waals surface area contributed by atoms with Gasteiger partial charge in [0.05, 0.1) is 12.2 Å². The summed E-state index contributed by atoms with van der Waals surface area (Å²) in [7, 11) is 0. The third kappa shape index (κ3) is 4.23. The van der Waals surface area contributed by atoms with Gasteiger partial charge in [-0.1, -0.05) is 6.07 Å². The van der Waals surface area contributed by atoms with E-state index in [1.165, 1.54) is 12.1 Å². The largest absolute Gasteiger partial charge is 0.450 e. The summed E-state index contributed by atoms with van der Waals surface area (Å²) in [5.41, 5.74) is 2.00. The molecule has 0 fully saturated rings. The number of nitrogens with zero attached hydrogens (tertiary/aromatic N) is 5. The fourth-order valence-electron chi connectivity index (χ4n) is 4.43. The Morgan fingerprint density at radius 1 is 1.12 bits per heavy atom. The zero-order chi connectivity index (χ0) is 23.7. The van der Waals surface area contributed by atoms with Crippen molar-refractivity contribution >= 4 is 17.8 Å². The van der Waals surface area contributed by atoms with E-state index in [2.05, 4.69) is 25.1 Å². The number of halogens is 1. The van der Waals surface area contributed by atoms with E-state index in [1.807, 2.05) is 6.07 Å². The SMILES string of the molecule is CCOC(=O)N1CCc2cc(F)c(C(=O)Nc3cccc(-c4nnc5n4CCCC5)n3)cc2C1. The minimum atomic E-state index is -0.610. The molecule has 2 aromatic heterocycles. The molecule has 0 unspecified atom stereocenters. The van der Waals surface area contributed by atoms with Gasteiger partial charge in [0.2, 0.25) is 0 Å². The van der Waals surface area contributed by atoms with Crippen molar-refractivity contribution in [2.24, 2.45) is 0 Å². The lowest BCUT2D eigenvalue weighted by Crippen LogP contribution is -2.36. The number of rotatable bonds is 4. The molecule has 0 bridgehead atoms. The van der Waals surface area contributed by atoms with Crippen molar-refractivity contribution in [3.05, 3.63) is 58.7 Å². The standard InChI is InChI=1S/C24H25FN6O3/c1-2-34-24(33)30-11-9-15-13-18(25)17(12-16(15)14-30)23(32)27-20-7-5-6-19(26-20)22-29-28-21-8-3-4-10-31(21)22/h5-7,12-13H,2-4,8-11,14H2,1H3,(H,26,27,32). The number of pyridine rings is 1. The summed E-state index contributed by atoms with van der Waals surface area (Å²) in [6.07, 6.45) is 3.11.